The Kier molecular flexibility index (Phi) is 5.23. The zero-order chi connectivity index (χ0) is 8.55. The lowest BCUT2D eigenvalue weighted by Crippen LogP contribution is -1.92. The highest BCUT2D eigenvalue weighted by Gasteiger charge is 2.05. The zero-order valence-electron chi connectivity index (χ0n) is 7.07. The Bertz CT molecular complexity index is 416. The van der Waals surface area contributed by atoms with Gasteiger partial charge in [-0.25, -0.2) is 0 Å². The molecular formula is C8H9Cl3N2O. The number of rotatable bonds is 1. The summed E-state index contributed by atoms with van der Waals surface area (Å²) in [5, 5.41) is 1.41. The first-order valence-corrected chi connectivity index (χ1v) is 3.91. The van der Waals surface area contributed by atoms with Crippen LogP contribution in [0.1, 0.15) is 5.76 Å². The fraction of sp³-hybridized carbons (Fsp3) is 0.125. The van der Waals surface area contributed by atoms with E-state index in [1.54, 1.807) is 12.4 Å². The van der Waals surface area contributed by atoms with Gasteiger partial charge in [-0.1, -0.05) is 11.6 Å². The molecule has 0 aliphatic rings. The molecule has 2 rings (SSSR count). The largest absolute Gasteiger partial charge is 0.458 e. The number of furan rings is 1. The van der Waals surface area contributed by atoms with Gasteiger partial charge in [-0.05, 0) is 6.07 Å². The molecule has 0 amide bonds. The highest BCUT2D eigenvalue weighted by atomic mass is 35.5. The molecule has 0 aliphatic heterocycles. The van der Waals surface area contributed by atoms with Crippen LogP contribution in [0.5, 0.6) is 0 Å². The number of halogens is 3. The Morgan fingerprint density at radius 3 is 2.64 bits per heavy atom. The molecule has 0 saturated heterocycles. The molecule has 0 atom stereocenters. The molecule has 2 aromatic heterocycles. The van der Waals surface area contributed by atoms with Gasteiger partial charge in [0, 0.05) is 17.8 Å². The molecule has 0 bridgehead atoms. The number of nitrogens with zero attached hydrogens (tertiary/aromatic N) is 1. The second-order valence-corrected chi connectivity index (χ2v) is 2.86. The van der Waals surface area contributed by atoms with Gasteiger partial charge in [-0.2, -0.15) is 0 Å². The molecule has 3 nitrogen and oxygen atoms in total. The van der Waals surface area contributed by atoms with Gasteiger partial charge in [0.25, 0.3) is 0 Å². The van der Waals surface area contributed by atoms with Crippen molar-refractivity contribution in [2.24, 2.45) is 5.73 Å². The number of fused-ring (bicyclic) bond motifs is 1. The van der Waals surface area contributed by atoms with Crippen LogP contribution in [-0.2, 0) is 6.54 Å². The summed E-state index contributed by atoms with van der Waals surface area (Å²) in [5.74, 6) is 0.722. The molecule has 2 N–H and O–H groups in total. The summed E-state index contributed by atoms with van der Waals surface area (Å²) in [5.41, 5.74) is 6.07. The Morgan fingerprint density at radius 1 is 1.36 bits per heavy atom. The lowest BCUT2D eigenvalue weighted by Gasteiger charge is -1.88. The first-order valence-electron chi connectivity index (χ1n) is 3.53. The van der Waals surface area contributed by atoms with Crippen LogP contribution >= 0.6 is 36.4 Å². The molecule has 0 saturated carbocycles. The minimum atomic E-state index is 0. The highest BCUT2D eigenvalue weighted by Crippen LogP contribution is 2.24. The molecule has 0 aromatic carbocycles. The molecule has 0 fully saturated rings. The fourth-order valence-electron chi connectivity index (χ4n) is 1.08. The standard InChI is InChI=1S/C8H7ClN2O.2ClH/c9-7-4-11-3-5-1-6(2-10)12-8(5)7;;/h1,3-4H,2,10H2;2*1H. The molecule has 0 spiro atoms. The third kappa shape index (κ3) is 2.30. The Labute approximate surface area is 98.4 Å². The van der Waals surface area contributed by atoms with E-state index in [0.29, 0.717) is 17.2 Å². The maximum absolute atomic E-state index is 5.83. The summed E-state index contributed by atoms with van der Waals surface area (Å²) in [6.45, 7) is 0.380. The molecule has 0 unspecified atom stereocenters. The van der Waals surface area contributed by atoms with Crippen LogP contribution in [0.4, 0.5) is 0 Å². The first-order chi connectivity index (χ1) is 5.81. The molecular weight excluding hydrogens is 246 g/mol. The van der Waals surface area contributed by atoms with E-state index < -0.39 is 0 Å². The lowest BCUT2D eigenvalue weighted by molar-refractivity contribution is 0.552. The SMILES string of the molecule is Cl.Cl.NCc1cc2cncc(Cl)c2o1. The molecule has 2 aromatic rings. The maximum Gasteiger partial charge on any atom is 0.156 e. The average molecular weight is 256 g/mol. The van der Waals surface area contributed by atoms with Crippen molar-refractivity contribution in [3.05, 3.63) is 29.2 Å². The topological polar surface area (TPSA) is 52.0 Å². The van der Waals surface area contributed by atoms with Gasteiger partial charge in [0.1, 0.15) is 10.8 Å². The molecule has 0 radical (unpaired) electrons. The monoisotopic (exact) mass is 254 g/mol. The van der Waals surface area contributed by atoms with Crippen LogP contribution in [0.15, 0.2) is 22.9 Å². The van der Waals surface area contributed by atoms with E-state index in [9.17, 15) is 0 Å². The summed E-state index contributed by atoms with van der Waals surface area (Å²) in [6, 6.07) is 1.84. The van der Waals surface area contributed by atoms with Crippen LogP contribution in [0.2, 0.25) is 5.02 Å². The Morgan fingerprint density at radius 2 is 2.07 bits per heavy atom. The maximum atomic E-state index is 5.83. The minimum absolute atomic E-state index is 0. The van der Waals surface area contributed by atoms with E-state index in [0.717, 1.165) is 11.1 Å². The van der Waals surface area contributed by atoms with E-state index in [4.69, 9.17) is 21.8 Å². The van der Waals surface area contributed by atoms with E-state index in [2.05, 4.69) is 4.98 Å². The minimum Gasteiger partial charge on any atom is -0.458 e. The molecule has 78 valence electrons. The number of nitrogens with two attached hydrogens (primary N) is 1. The summed E-state index contributed by atoms with van der Waals surface area (Å²) >= 11 is 5.83. The molecule has 6 heteroatoms. The molecule has 2 heterocycles. The van der Waals surface area contributed by atoms with E-state index >= 15 is 0 Å². The number of aromatic nitrogens is 1. The van der Waals surface area contributed by atoms with Crippen molar-refractivity contribution in [2.75, 3.05) is 0 Å². The van der Waals surface area contributed by atoms with Crippen LogP contribution < -0.4 is 5.73 Å². The number of hydrogen-bond donors (Lipinski definition) is 1. The van der Waals surface area contributed by atoms with E-state index in [1.807, 2.05) is 6.07 Å². The lowest BCUT2D eigenvalue weighted by atomic mass is 10.3. The second kappa shape index (κ2) is 5.41. The fourth-order valence-corrected chi connectivity index (χ4v) is 1.29. The van der Waals surface area contributed by atoms with Gasteiger partial charge >= 0.3 is 0 Å². The third-order valence-corrected chi connectivity index (χ3v) is 1.90. The van der Waals surface area contributed by atoms with Crippen LogP contribution in [0.25, 0.3) is 11.0 Å². The van der Waals surface area contributed by atoms with Gasteiger partial charge in [-0.3, -0.25) is 4.98 Å². The number of hydrogen-bond acceptors (Lipinski definition) is 3. The summed E-state index contributed by atoms with van der Waals surface area (Å²) < 4.78 is 5.35. The van der Waals surface area contributed by atoms with Gasteiger partial charge in [0.15, 0.2) is 5.58 Å². The van der Waals surface area contributed by atoms with Crippen molar-refractivity contribution in [3.8, 4) is 0 Å². The van der Waals surface area contributed by atoms with Gasteiger partial charge in [0.05, 0.1) is 6.54 Å². The first kappa shape index (κ1) is 13.5. The summed E-state index contributed by atoms with van der Waals surface area (Å²) in [6.07, 6.45) is 3.25. The molecule has 14 heavy (non-hydrogen) atoms. The van der Waals surface area contributed by atoms with Crippen LogP contribution in [0, 0.1) is 0 Å². The second-order valence-electron chi connectivity index (χ2n) is 2.46. The smallest absolute Gasteiger partial charge is 0.156 e. The van der Waals surface area contributed by atoms with Crippen molar-refractivity contribution in [1.82, 2.24) is 4.98 Å². The van der Waals surface area contributed by atoms with E-state index in [-0.39, 0.29) is 24.8 Å². The molecule has 0 aliphatic carbocycles. The number of pyridine rings is 1. The highest BCUT2D eigenvalue weighted by molar-refractivity contribution is 6.34. The van der Waals surface area contributed by atoms with Crippen molar-refractivity contribution < 1.29 is 4.42 Å². The predicted molar refractivity (Wildman–Crippen MR) is 61.4 cm³/mol. The van der Waals surface area contributed by atoms with Crippen molar-refractivity contribution >= 4 is 47.4 Å². The third-order valence-electron chi connectivity index (χ3n) is 1.63. The Balaban J connectivity index is 0.000000845. The quantitative estimate of drug-likeness (QED) is 0.852. The van der Waals surface area contributed by atoms with E-state index in [1.165, 1.54) is 0 Å². The van der Waals surface area contributed by atoms with Gasteiger partial charge in [0.2, 0.25) is 0 Å². The Hall–Kier alpha value is -0.480. The summed E-state index contributed by atoms with van der Waals surface area (Å²) in [4.78, 5) is 3.93. The predicted octanol–water partition coefficient (Wildman–Crippen LogP) is 2.78. The van der Waals surface area contributed by atoms with Crippen molar-refractivity contribution in [2.45, 2.75) is 6.54 Å². The van der Waals surface area contributed by atoms with Gasteiger partial charge in [-0.15, -0.1) is 24.8 Å². The van der Waals surface area contributed by atoms with Crippen molar-refractivity contribution in [3.63, 3.8) is 0 Å². The zero-order valence-corrected chi connectivity index (χ0v) is 9.46. The van der Waals surface area contributed by atoms with Gasteiger partial charge < -0.3 is 10.2 Å². The summed E-state index contributed by atoms with van der Waals surface area (Å²) in [7, 11) is 0. The normalized spacial score (nSPS) is 9.29. The van der Waals surface area contributed by atoms with Crippen LogP contribution in [0.3, 0.4) is 0 Å². The van der Waals surface area contributed by atoms with Crippen LogP contribution in [-0.4, -0.2) is 4.98 Å². The van der Waals surface area contributed by atoms with Crippen molar-refractivity contribution in [1.29, 1.82) is 0 Å². The average Bonchev–Trinajstić information content (AvgIpc) is 2.49.